The van der Waals surface area contributed by atoms with Crippen molar-refractivity contribution >= 4 is 11.4 Å². The second-order valence-electron chi connectivity index (χ2n) is 2.15. The molecular formula is C8H7N. The molecule has 1 aliphatic heterocycles. The zero-order valence-corrected chi connectivity index (χ0v) is 5.02. The van der Waals surface area contributed by atoms with Crippen molar-refractivity contribution in [1.29, 1.82) is 0 Å². The quantitative estimate of drug-likeness (QED) is 0.548. The van der Waals surface area contributed by atoms with Crippen molar-refractivity contribution in [2.75, 3.05) is 5.32 Å². The normalized spacial score (nSPS) is 13.6. The lowest BCUT2D eigenvalue weighted by Gasteiger charge is -2.23. The Morgan fingerprint density at radius 1 is 1.22 bits per heavy atom. The van der Waals surface area contributed by atoms with Crippen LogP contribution in [0.1, 0.15) is 5.56 Å². The van der Waals surface area contributed by atoms with Gasteiger partial charge in [0, 0.05) is 16.9 Å². The molecule has 0 fully saturated rings. The summed E-state index contributed by atoms with van der Waals surface area (Å²) in [6.45, 7) is 3.79. The first kappa shape index (κ1) is 4.62. The van der Waals surface area contributed by atoms with Crippen molar-refractivity contribution in [3.05, 3.63) is 36.4 Å². The average Bonchev–Trinajstić information content (AvgIpc) is 1.86. The third kappa shape index (κ3) is 0.486. The highest BCUT2D eigenvalue weighted by atomic mass is 15.0. The maximum absolute atomic E-state index is 3.79. The van der Waals surface area contributed by atoms with Gasteiger partial charge < -0.3 is 5.32 Å². The number of benzene rings is 1. The maximum Gasteiger partial charge on any atom is 0.0478 e. The Labute approximate surface area is 54.0 Å². The van der Waals surface area contributed by atoms with E-state index in [0.29, 0.717) is 0 Å². The van der Waals surface area contributed by atoms with Gasteiger partial charge in [-0.3, -0.25) is 0 Å². The predicted molar refractivity (Wildman–Crippen MR) is 39.1 cm³/mol. The molecule has 0 saturated carbocycles. The Bertz CT molecular complexity index is 263. The van der Waals surface area contributed by atoms with Crippen LogP contribution in [0, 0.1) is 0 Å². The number of para-hydroxylation sites is 1. The fourth-order valence-electron chi connectivity index (χ4n) is 1.02. The largest absolute Gasteiger partial charge is 0.355 e. The predicted octanol–water partition coefficient (Wildman–Crippen LogP) is 2.08. The molecule has 1 aliphatic rings. The Morgan fingerprint density at radius 2 is 2.00 bits per heavy atom. The van der Waals surface area contributed by atoms with Crippen molar-refractivity contribution in [3.8, 4) is 0 Å². The van der Waals surface area contributed by atoms with E-state index in [2.05, 4.69) is 18.0 Å². The Kier molecular flexibility index (Phi) is 0.707. The van der Waals surface area contributed by atoms with E-state index in [-0.39, 0.29) is 0 Å². The van der Waals surface area contributed by atoms with Gasteiger partial charge in [0.05, 0.1) is 0 Å². The first-order valence-electron chi connectivity index (χ1n) is 2.93. The van der Waals surface area contributed by atoms with Crippen molar-refractivity contribution < 1.29 is 0 Å². The van der Waals surface area contributed by atoms with Crippen LogP contribution >= 0.6 is 0 Å². The van der Waals surface area contributed by atoms with Crippen LogP contribution in [0.5, 0.6) is 0 Å². The van der Waals surface area contributed by atoms with Crippen molar-refractivity contribution in [3.63, 3.8) is 0 Å². The lowest BCUT2D eigenvalue weighted by atomic mass is 10.0. The molecule has 44 valence electrons. The summed E-state index contributed by atoms with van der Waals surface area (Å²) >= 11 is 0. The molecule has 9 heavy (non-hydrogen) atoms. The Balaban J connectivity index is 2.63. The van der Waals surface area contributed by atoms with Crippen LogP contribution in [0.2, 0.25) is 0 Å². The summed E-state index contributed by atoms with van der Waals surface area (Å²) in [4.78, 5) is 0. The molecule has 0 unspecified atom stereocenters. The summed E-state index contributed by atoms with van der Waals surface area (Å²) in [6.07, 6.45) is 0. The fourth-order valence-corrected chi connectivity index (χ4v) is 1.02. The first-order valence-corrected chi connectivity index (χ1v) is 2.93. The summed E-state index contributed by atoms with van der Waals surface area (Å²) in [7, 11) is 0. The number of hydrogen-bond donors (Lipinski definition) is 1. The van der Waals surface area contributed by atoms with Gasteiger partial charge in [0.2, 0.25) is 0 Å². The topological polar surface area (TPSA) is 12.0 Å². The lowest BCUT2D eigenvalue weighted by Crippen LogP contribution is -2.09. The van der Waals surface area contributed by atoms with Crippen LogP contribution < -0.4 is 5.32 Å². The van der Waals surface area contributed by atoms with E-state index >= 15 is 0 Å². The maximum atomic E-state index is 3.79. The molecule has 2 rings (SSSR count). The van der Waals surface area contributed by atoms with Crippen LogP contribution in [-0.2, 0) is 0 Å². The molecule has 0 aliphatic carbocycles. The molecule has 0 aromatic heterocycles. The van der Waals surface area contributed by atoms with Crippen LogP contribution in [0.3, 0.4) is 0 Å². The standard InChI is InChI=1S/C8H7N/c1-6-7-4-2-3-5-8(7)9-6/h2-5,9H,1H2. The monoisotopic (exact) mass is 117 g/mol. The number of hydrogen-bond acceptors (Lipinski definition) is 1. The second kappa shape index (κ2) is 1.38. The fraction of sp³-hybridized carbons (Fsp3) is 0. The average molecular weight is 117 g/mol. The number of anilines is 1. The molecule has 0 amide bonds. The first-order chi connectivity index (χ1) is 4.38. The summed E-state index contributed by atoms with van der Waals surface area (Å²) < 4.78 is 0. The van der Waals surface area contributed by atoms with Gasteiger partial charge in [-0.05, 0) is 6.07 Å². The summed E-state index contributed by atoms with van der Waals surface area (Å²) in [5.41, 5.74) is 3.48. The highest BCUT2D eigenvalue weighted by Gasteiger charge is 2.13. The van der Waals surface area contributed by atoms with Gasteiger partial charge in [-0.1, -0.05) is 24.8 Å². The number of fused-ring (bicyclic) bond motifs is 1. The highest BCUT2D eigenvalue weighted by molar-refractivity contribution is 5.93. The second-order valence-corrected chi connectivity index (χ2v) is 2.15. The summed E-state index contributed by atoms with van der Waals surface area (Å²) in [5.74, 6) is 0. The van der Waals surface area contributed by atoms with E-state index in [1.807, 2.05) is 18.2 Å². The van der Waals surface area contributed by atoms with Crippen molar-refractivity contribution in [2.24, 2.45) is 0 Å². The number of rotatable bonds is 0. The van der Waals surface area contributed by atoms with Crippen LogP contribution in [0.4, 0.5) is 5.69 Å². The summed E-state index contributed by atoms with van der Waals surface area (Å²) in [5, 5.41) is 3.09. The van der Waals surface area contributed by atoms with Gasteiger partial charge in [0.1, 0.15) is 0 Å². The molecule has 1 heterocycles. The van der Waals surface area contributed by atoms with E-state index in [0.717, 1.165) is 5.70 Å². The van der Waals surface area contributed by atoms with Gasteiger partial charge in [-0.15, -0.1) is 0 Å². The SMILES string of the molecule is C=C1Nc2ccccc21. The molecular weight excluding hydrogens is 110 g/mol. The van der Waals surface area contributed by atoms with E-state index in [9.17, 15) is 0 Å². The molecule has 1 heteroatoms. The van der Waals surface area contributed by atoms with E-state index in [1.54, 1.807) is 0 Å². The highest BCUT2D eigenvalue weighted by Crippen LogP contribution is 2.32. The third-order valence-electron chi connectivity index (χ3n) is 1.54. The smallest absolute Gasteiger partial charge is 0.0478 e. The van der Waals surface area contributed by atoms with E-state index in [4.69, 9.17) is 0 Å². The third-order valence-corrected chi connectivity index (χ3v) is 1.54. The number of nitrogens with one attached hydrogen (secondary N) is 1. The molecule has 1 nitrogen and oxygen atoms in total. The van der Waals surface area contributed by atoms with Gasteiger partial charge >= 0.3 is 0 Å². The Morgan fingerprint density at radius 3 is 2.56 bits per heavy atom. The molecule has 1 aromatic carbocycles. The van der Waals surface area contributed by atoms with E-state index < -0.39 is 0 Å². The van der Waals surface area contributed by atoms with Crippen molar-refractivity contribution in [2.45, 2.75) is 0 Å². The molecule has 0 spiro atoms. The molecule has 0 radical (unpaired) electrons. The molecule has 0 atom stereocenters. The van der Waals surface area contributed by atoms with Gasteiger partial charge in [0.15, 0.2) is 0 Å². The van der Waals surface area contributed by atoms with Gasteiger partial charge in [-0.2, -0.15) is 0 Å². The minimum absolute atomic E-state index is 1.03. The molecule has 1 N–H and O–H groups in total. The molecule has 1 aromatic rings. The van der Waals surface area contributed by atoms with Crippen LogP contribution in [0.15, 0.2) is 30.8 Å². The van der Waals surface area contributed by atoms with Crippen LogP contribution in [-0.4, -0.2) is 0 Å². The van der Waals surface area contributed by atoms with Crippen molar-refractivity contribution in [1.82, 2.24) is 0 Å². The minimum Gasteiger partial charge on any atom is -0.355 e. The lowest BCUT2D eigenvalue weighted by molar-refractivity contribution is 1.45. The zero-order valence-electron chi connectivity index (χ0n) is 5.02. The van der Waals surface area contributed by atoms with Crippen LogP contribution in [0.25, 0.3) is 5.70 Å². The van der Waals surface area contributed by atoms with Gasteiger partial charge in [0.25, 0.3) is 0 Å². The minimum atomic E-state index is 1.03. The Hall–Kier alpha value is -1.24. The van der Waals surface area contributed by atoms with Gasteiger partial charge in [-0.25, -0.2) is 0 Å². The molecule has 0 saturated heterocycles. The summed E-state index contributed by atoms with van der Waals surface area (Å²) in [6, 6.07) is 8.14. The zero-order chi connectivity index (χ0) is 6.27. The van der Waals surface area contributed by atoms with E-state index in [1.165, 1.54) is 11.3 Å². The molecule has 0 bridgehead atoms.